The molecule has 0 radical (unpaired) electrons. The van der Waals surface area contributed by atoms with E-state index in [0.29, 0.717) is 5.88 Å². The molecule has 0 bridgehead atoms. The number of halogens is 1. The molecule has 1 atom stereocenters. The SMILES string of the molecule is CCC(C)(CCl)Cc1ccn(C)n1. The highest BCUT2D eigenvalue weighted by Crippen LogP contribution is 2.26. The Morgan fingerprint density at radius 2 is 2.31 bits per heavy atom. The van der Waals surface area contributed by atoms with Gasteiger partial charge in [0.25, 0.3) is 0 Å². The molecule has 0 N–H and O–H groups in total. The lowest BCUT2D eigenvalue weighted by atomic mass is 9.85. The van der Waals surface area contributed by atoms with Crippen molar-refractivity contribution in [2.24, 2.45) is 12.5 Å². The number of alkyl halides is 1. The molecule has 74 valence electrons. The Balaban J connectivity index is 2.67. The maximum absolute atomic E-state index is 5.93. The summed E-state index contributed by atoms with van der Waals surface area (Å²) in [7, 11) is 1.94. The number of hydrogen-bond acceptors (Lipinski definition) is 1. The predicted octanol–water partition coefficient (Wildman–Crippen LogP) is 2.62. The van der Waals surface area contributed by atoms with Crippen LogP contribution in [0.25, 0.3) is 0 Å². The van der Waals surface area contributed by atoms with Crippen molar-refractivity contribution in [1.82, 2.24) is 9.78 Å². The van der Waals surface area contributed by atoms with Gasteiger partial charge in [-0.3, -0.25) is 4.68 Å². The lowest BCUT2D eigenvalue weighted by molar-refractivity contribution is 0.350. The number of nitrogens with zero attached hydrogens (tertiary/aromatic N) is 2. The Hall–Kier alpha value is -0.500. The monoisotopic (exact) mass is 200 g/mol. The van der Waals surface area contributed by atoms with Gasteiger partial charge >= 0.3 is 0 Å². The number of hydrogen-bond donors (Lipinski definition) is 0. The standard InChI is InChI=1S/C10H17ClN2/c1-4-10(2,8-11)7-9-5-6-13(3)12-9/h5-6H,4,7-8H2,1-3H3. The first-order chi connectivity index (χ1) is 6.09. The molecule has 0 amide bonds. The average Bonchev–Trinajstić information content (AvgIpc) is 2.51. The largest absolute Gasteiger partial charge is 0.276 e. The van der Waals surface area contributed by atoms with E-state index in [4.69, 9.17) is 11.6 Å². The van der Waals surface area contributed by atoms with Gasteiger partial charge in [-0.15, -0.1) is 11.6 Å². The van der Waals surface area contributed by atoms with E-state index < -0.39 is 0 Å². The van der Waals surface area contributed by atoms with Gasteiger partial charge in [0, 0.05) is 19.1 Å². The summed E-state index contributed by atoms with van der Waals surface area (Å²) < 4.78 is 1.83. The van der Waals surface area contributed by atoms with Crippen LogP contribution in [0.1, 0.15) is 26.0 Å². The second-order valence-electron chi connectivity index (χ2n) is 3.96. The van der Waals surface area contributed by atoms with Crippen molar-refractivity contribution in [2.45, 2.75) is 26.7 Å². The fourth-order valence-electron chi connectivity index (χ4n) is 1.26. The fourth-order valence-corrected chi connectivity index (χ4v) is 1.54. The van der Waals surface area contributed by atoms with Crippen LogP contribution in [0.2, 0.25) is 0 Å². The second-order valence-corrected chi connectivity index (χ2v) is 4.22. The van der Waals surface area contributed by atoms with Crippen LogP contribution in [-0.4, -0.2) is 15.7 Å². The maximum Gasteiger partial charge on any atom is 0.0630 e. The molecule has 1 heterocycles. The minimum atomic E-state index is 0.190. The third-order valence-corrected chi connectivity index (χ3v) is 3.20. The van der Waals surface area contributed by atoms with Gasteiger partial charge in [0.05, 0.1) is 5.69 Å². The molecule has 0 fully saturated rings. The first kappa shape index (κ1) is 10.6. The van der Waals surface area contributed by atoms with Crippen LogP contribution >= 0.6 is 11.6 Å². The van der Waals surface area contributed by atoms with Gasteiger partial charge in [-0.2, -0.15) is 5.10 Å². The molecule has 1 aromatic heterocycles. The van der Waals surface area contributed by atoms with Gasteiger partial charge in [0.1, 0.15) is 0 Å². The number of rotatable bonds is 4. The van der Waals surface area contributed by atoms with Crippen LogP contribution < -0.4 is 0 Å². The summed E-state index contributed by atoms with van der Waals surface area (Å²) in [6.45, 7) is 4.38. The van der Waals surface area contributed by atoms with E-state index in [2.05, 4.69) is 25.0 Å². The minimum Gasteiger partial charge on any atom is -0.276 e. The molecule has 0 saturated carbocycles. The zero-order chi connectivity index (χ0) is 9.90. The minimum absolute atomic E-state index is 0.190. The van der Waals surface area contributed by atoms with Gasteiger partial charge in [-0.25, -0.2) is 0 Å². The van der Waals surface area contributed by atoms with Crippen LogP contribution in [0, 0.1) is 5.41 Å². The Morgan fingerprint density at radius 1 is 1.62 bits per heavy atom. The zero-order valence-corrected chi connectivity index (χ0v) is 9.30. The van der Waals surface area contributed by atoms with E-state index in [0.717, 1.165) is 18.5 Å². The quantitative estimate of drug-likeness (QED) is 0.684. The Bertz CT molecular complexity index is 264. The van der Waals surface area contributed by atoms with E-state index in [-0.39, 0.29) is 5.41 Å². The predicted molar refractivity (Wildman–Crippen MR) is 56.0 cm³/mol. The lowest BCUT2D eigenvalue weighted by Crippen LogP contribution is -2.20. The summed E-state index contributed by atoms with van der Waals surface area (Å²) >= 11 is 5.93. The summed E-state index contributed by atoms with van der Waals surface area (Å²) in [5, 5.41) is 4.35. The Morgan fingerprint density at radius 3 is 2.69 bits per heavy atom. The summed E-state index contributed by atoms with van der Waals surface area (Å²) in [4.78, 5) is 0. The molecule has 1 rings (SSSR count). The highest BCUT2D eigenvalue weighted by Gasteiger charge is 2.22. The fraction of sp³-hybridized carbons (Fsp3) is 0.700. The molecular weight excluding hydrogens is 184 g/mol. The topological polar surface area (TPSA) is 17.8 Å². The maximum atomic E-state index is 5.93. The summed E-state index contributed by atoms with van der Waals surface area (Å²) in [6.07, 6.45) is 4.03. The molecule has 0 aliphatic rings. The van der Waals surface area contributed by atoms with Gasteiger partial charge in [0.2, 0.25) is 0 Å². The van der Waals surface area contributed by atoms with Gasteiger partial charge in [0.15, 0.2) is 0 Å². The van der Waals surface area contributed by atoms with E-state index in [1.807, 2.05) is 17.9 Å². The summed E-state index contributed by atoms with van der Waals surface area (Å²) in [6, 6.07) is 2.06. The van der Waals surface area contributed by atoms with Crippen molar-refractivity contribution < 1.29 is 0 Å². The van der Waals surface area contributed by atoms with Crippen LogP contribution in [0.15, 0.2) is 12.3 Å². The summed E-state index contributed by atoms with van der Waals surface area (Å²) in [5.74, 6) is 0.695. The molecule has 13 heavy (non-hydrogen) atoms. The van der Waals surface area contributed by atoms with Crippen LogP contribution in [0.3, 0.4) is 0 Å². The first-order valence-corrected chi connectivity index (χ1v) is 5.17. The van der Waals surface area contributed by atoms with Gasteiger partial charge in [-0.05, 0) is 24.3 Å². The lowest BCUT2D eigenvalue weighted by Gasteiger charge is -2.23. The second kappa shape index (κ2) is 4.14. The van der Waals surface area contributed by atoms with Gasteiger partial charge < -0.3 is 0 Å². The van der Waals surface area contributed by atoms with Crippen LogP contribution in [0.5, 0.6) is 0 Å². The third kappa shape index (κ3) is 2.73. The van der Waals surface area contributed by atoms with E-state index in [1.54, 1.807) is 0 Å². The zero-order valence-electron chi connectivity index (χ0n) is 8.55. The van der Waals surface area contributed by atoms with Crippen molar-refractivity contribution >= 4 is 11.6 Å². The summed E-state index contributed by atoms with van der Waals surface area (Å²) in [5.41, 5.74) is 1.32. The molecule has 0 saturated heterocycles. The van der Waals surface area contributed by atoms with Crippen molar-refractivity contribution in [3.8, 4) is 0 Å². The van der Waals surface area contributed by atoms with Crippen molar-refractivity contribution in [3.05, 3.63) is 18.0 Å². The van der Waals surface area contributed by atoms with Crippen LogP contribution in [0.4, 0.5) is 0 Å². The van der Waals surface area contributed by atoms with Crippen molar-refractivity contribution in [3.63, 3.8) is 0 Å². The number of aryl methyl sites for hydroxylation is 1. The smallest absolute Gasteiger partial charge is 0.0630 e. The molecular formula is C10H17ClN2. The average molecular weight is 201 g/mol. The van der Waals surface area contributed by atoms with E-state index in [1.165, 1.54) is 0 Å². The molecule has 0 spiro atoms. The Kier molecular flexibility index (Phi) is 3.37. The number of aromatic nitrogens is 2. The third-order valence-electron chi connectivity index (χ3n) is 2.55. The molecule has 0 aromatic carbocycles. The van der Waals surface area contributed by atoms with E-state index >= 15 is 0 Å². The highest BCUT2D eigenvalue weighted by atomic mass is 35.5. The molecule has 1 unspecified atom stereocenters. The molecule has 0 aliphatic heterocycles. The normalized spacial score (nSPS) is 15.7. The van der Waals surface area contributed by atoms with Gasteiger partial charge in [-0.1, -0.05) is 13.8 Å². The van der Waals surface area contributed by atoms with Crippen LogP contribution in [-0.2, 0) is 13.5 Å². The van der Waals surface area contributed by atoms with Crippen molar-refractivity contribution in [1.29, 1.82) is 0 Å². The van der Waals surface area contributed by atoms with Crippen molar-refractivity contribution in [2.75, 3.05) is 5.88 Å². The molecule has 1 aromatic rings. The molecule has 2 nitrogen and oxygen atoms in total. The highest BCUT2D eigenvalue weighted by molar-refractivity contribution is 6.18. The Labute approximate surface area is 84.9 Å². The van der Waals surface area contributed by atoms with E-state index in [9.17, 15) is 0 Å². The molecule has 3 heteroatoms. The molecule has 0 aliphatic carbocycles. The first-order valence-electron chi connectivity index (χ1n) is 4.64.